The van der Waals surface area contributed by atoms with Crippen LogP contribution in [0.15, 0.2) is 18.2 Å². The Morgan fingerprint density at radius 3 is 2.56 bits per heavy atom. The standard InChI is InChI=1S/C12H12N2O2/c1-8-2-3-9(6-10(8)7-14)12(16)11(15)4-5-13/h2-3,6,11-12,15-16H,4H2,1H3. The molecule has 82 valence electrons. The van der Waals surface area contributed by atoms with E-state index < -0.39 is 12.2 Å². The second kappa shape index (κ2) is 5.27. The van der Waals surface area contributed by atoms with Crippen molar-refractivity contribution in [2.24, 2.45) is 0 Å². The van der Waals surface area contributed by atoms with Gasteiger partial charge in [-0.2, -0.15) is 10.5 Å². The quantitative estimate of drug-likeness (QED) is 0.793. The second-order valence-electron chi connectivity index (χ2n) is 3.56. The molecule has 0 aromatic heterocycles. The van der Waals surface area contributed by atoms with Crippen molar-refractivity contribution in [1.29, 1.82) is 10.5 Å². The fraction of sp³-hybridized carbons (Fsp3) is 0.333. The van der Waals surface area contributed by atoms with Crippen LogP contribution in [0.4, 0.5) is 0 Å². The lowest BCUT2D eigenvalue weighted by Crippen LogP contribution is -2.17. The van der Waals surface area contributed by atoms with Gasteiger partial charge in [0.05, 0.1) is 30.2 Å². The summed E-state index contributed by atoms with van der Waals surface area (Å²) in [5.41, 5.74) is 1.72. The zero-order chi connectivity index (χ0) is 12.1. The van der Waals surface area contributed by atoms with Gasteiger partial charge < -0.3 is 10.2 Å². The number of nitriles is 2. The topological polar surface area (TPSA) is 88.0 Å². The summed E-state index contributed by atoms with van der Waals surface area (Å²) in [6, 6.07) is 8.66. The molecule has 0 amide bonds. The van der Waals surface area contributed by atoms with Gasteiger partial charge in [-0.1, -0.05) is 12.1 Å². The number of aryl methyl sites for hydroxylation is 1. The van der Waals surface area contributed by atoms with E-state index in [-0.39, 0.29) is 6.42 Å². The minimum Gasteiger partial charge on any atom is -0.389 e. The molecule has 2 N–H and O–H groups in total. The third kappa shape index (κ3) is 2.58. The summed E-state index contributed by atoms with van der Waals surface area (Å²) in [6.07, 6.45) is -2.40. The monoisotopic (exact) mass is 216 g/mol. The van der Waals surface area contributed by atoms with E-state index in [1.54, 1.807) is 25.1 Å². The van der Waals surface area contributed by atoms with Crippen LogP contribution in [0.5, 0.6) is 0 Å². The van der Waals surface area contributed by atoms with Gasteiger partial charge in [0.2, 0.25) is 0 Å². The molecule has 0 bridgehead atoms. The molecule has 4 nitrogen and oxygen atoms in total. The molecular formula is C12H12N2O2. The Kier molecular flexibility index (Phi) is 4.02. The molecule has 0 saturated heterocycles. The SMILES string of the molecule is Cc1ccc(C(O)C(O)CC#N)cc1C#N. The number of aliphatic hydroxyl groups is 2. The predicted molar refractivity (Wildman–Crippen MR) is 57.1 cm³/mol. The first kappa shape index (κ1) is 12.2. The number of aliphatic hydroxyl groups excluding tert-OH is 2. The average molecular weight is 216 g/mol. The molecule has 0 spiro atoms. The Labute approximate surface area is 94.0 Å². The highest BCUT2D eigenvalue weighted by Crippen LogP contribution is 2.21. The third-order valence-electron chi connectivity index (χ3n) is 2.39. The Balaban J connectivity index is 2.98. The molecule has 2 unspecified atom stereocenters. The van der Waals surface area contributed by atoms with E-state index in [0.29, 0.717) is 11.1 Å². The number of hydrogen-bond donors (Lipinski definition) is 2. The van der Waals surface area contributed by atoms with Crippen molar-refractivity contribution in [2.75, 3.05) is 0 Å². The lowest BCUT2D eigenvalue weighted by atomic mass is 9.98. The van der Waals surface area contributed by atoms with Crippen molar-refractivity contribution in [1.82, 2.24) is 0 Å². The summed E-state index contributed by atoms with van der Waals surface area (Å²) in [5, 5.41) is 36.4. The molecule has 1 aromatic rings. The van der Waals surface area contributed by atoms with Gasteiger partial charge >= 0.3 is 0 Å². The van der Waals surface area contributed by atoms with E-state index in [0.717, 1.165) is 5.56 Å². The summed E-state index contributed by atoms with van der Waals surface area (Å²) in [5.74, 6) is 0. The number of hydrogen-bond acceptors (Lipinski definition) is 4. The Morgan fingerprint density at radius 2 is 2.00 bits per heavy atom. The van der Waals surface area contributed by atoms with E-state index in [1.165, 1.54) is 6.07 Å². The van der Waals surface area contributed by atoms with Crippen molar-refractivity contribution >= 4 is 0 Å². The number of rotatable bonds is 3. The first-order valence-corrected chi connectivity index (χ1v) is 4.84. The molecule has 0 fully saturated rings. The van der Waals surface area contributed by atoms with Crippen LogP contribution in [-0.2, 0) is 0 Å². The maximum atomic E-state index is 9.72. The Bertz CT molecular complexity index is 457. The first-order chi connectivity index (χ1) is 7.60. The van der Waals surface area contributed by atoms with Crippen LogP contribution in [0.25, 0.3) is 0 Å². The van der Waals surface area contributed by atoms with Crippen LogP contribution in [0.3, 0.4) is 0 Å². The molecule has 2 atom stereocenters. The van der Waals surface area contributed by atoms with Crippen molar-refractivity contribution in [3.8, 4) is 12.1 Å². The average Bonchev–Trinajstić information content (AvgIpc) is 2.29. The van der Waals surface area contributed by atoms with Crippen molar-refractivity contribution in [3.05, 3.63) is 34.9 Å². The fourth-order valence-corrected chi connectivity index (χ4v) is 1.37. The summed E-state index contributed by atoms with van der Waals surface area (Å²) in [7, 11) is 0. The van der Waals surface area contributed by atoms with Crippen molar-refractivity contribution in [3.63, 3.8) is 0 Å². The van der Waals surface area contributed by atoms with Gasteiger partial charge in [-0.05, 0) is 24.1 Å². The summed E-state index contributed by atoms with van der Waals surface area (Å²) >= 11 is 0. The van der Waals surface area contributed by atoms with Crippen LogP contribution < -0.4 is 0 Å². The van der Waals surface area contributed by atoms with Crippen LogP contribution in [0.2, 0.25) is 0 Å². The highest BCUT2D eigenvalue weighted by molar-refractivity contribution is 5.40. The normalized spacial score (nSPS) is 13.6. The zero-order valence-electron chi connectivity index (χ0n) is 8.88. The zero-order valence-corrected chi connectivity index (χ0v) is 8.88. The highest BCUT2D eigenvalue weighted by Gasteiger charge is 2.18. The Hall–Kier alpha value is -1.88. The van der Waals surface area contributed by atoms with Gasteiger partial charge in [-0.3, -0.25) is 0 Å². The van der Waals surface area contributed by atoms with E-state index in [1.807, 2.05) is 6.07 Å². The number of nitrogens with zero attached hydrogens (tertiary/aromatic N) is 2. The van der Waals surface area contributed by atoms with Gasteiger partial charge in [-0.15, -0.1) is 0 Å². The molecule has 0 saturated carbocycles. The van der Waals surface area contributed by atoms with Gasteiger partial charge in [0.15, 0.2) is 0 Å². The van der Waals surface area contributed by atoms with Crippen molar-refractivity contribution in [2.45, 2.75) is 25.6 Å². The summed E-state index contributed by atoms with van der Waals surface area (Å²) in [4.78, 5) is 0. The Morgan fingerprint density at radius 1 is 1.31 bits per heavy atom. The lowest BCUT2D eigenvalue weighted by Gasteiger charge is -2.16. The van der Waals surface area contributed by atoms with E-state index in [4.69, 9.17) is 10.5 Å². The minimum atomic E-state index is -1.13. The molecule has 0 radical (unpaired) electrons. The molecule has 4 heteroatoms. The molecule has 1 aromatic carbocycles. The largest absolute Gasteiger partial charge is 0.389 e. The maximum absolute atomic E-state index is 9.72. The molecule has 16 heavy (non-hydrogen) atoms. The van der Waals surface area contributed by atoms with E-state index in [9.17, 15) is 10.2 Å². The molecule has 0 aliphatic rings. The molecular weight excluding hydrogens is 204 g/mol. The second-order valence-corrected chi connectivity index (χ2v) is 3.56. The van der Waals surface area contributed by atoms with Gasteiger partial charge in [0.1, 0.15) is 6.10 Å². The lowest BCUT2D eigenvalue weighted by molar-refractivity contribution is 0.0216. The summed E-state index contributed by atoms with van der Waals surface area (Å²) in [6.45, 7) is 1.79. The van der Waals surface area contributed by atoms with Gasteiger partial charge in [0, 0.05) is 0 Å². The fourth-order valence-electron chi connectivity index (χ4n) is 1.37. The van der Waals surface area contributed by atoms with Crippen LogP contribution in [0, 0.1) is 29.6 Å². The van der Waals surface area contributed by atoms with E-state index in [2.05, 4.69) is 0 Å². The first-order valence-electron chi connectivity index (χ1n) is 4.84. The molecule has 0 aliphatic heterocycles. The number of benzene rings is 1. The molecule has 0 aliphatic carbocycles. The van der Waals surface area contributed by atoms with Gasteiger partial charge in [-0.25, -0.2) is 0 Å². The van der Waals surface area contributed by atoms with E-state index >= 15 is 0 Å². The summed E-state index contributed by atoms with van der Waals surface area (Å²) < 4.78 is 0. The molecule has 0 heterocycles. The van der Waals surface area contributed by atoms with Crippen molar-refractivity contribution < 1.29 is 10.2 Å². The highest BCUT2D eigenvalue weighted by atomic mass is 16.3. The van der Waals surface area contributed by atoms with Crippen LogP contribution in [-0.4, -0.2) is 16.3 Å². The van der Waals surface area contributed by atoms with Crippen LogP contribution in [0.1, 0.15) is 29.2 Å². The van der Waals surface area contributed by atoms with Gasteiger partial charge in [0.25, 0.3) is 0 Å². The molecule has 1 rings (SSSR count). The van der Waals surface area contributed by atoms with Crippen LogP contribution >= 0.6 is 0 Å². The predicted octanol–water partition coefficient (Wildman–Crippen LogP) is 1.17. The maximum Gasteiger partial charge on any atom is 0.106 e. The third-order valence-corrected chi connectivity index (χ3v) is 2.39. The smallest absolute Gasteiger partial charge is 0.106 e. The minimum absolute atomic E-state index is 0.142.